The normalized spacial score (nSPS) is 11.6. The average Bonchev–Trinajstić information content (AvgIpc) is 3.80. The van der Waals surface area contributed by atoms with Crippen LogP contribution in [0.15, 0.2) is 211 Å². The van der Waals surface area contributed by atoms with Gasteiger partial charge in [0, 0.05) is 49.9 Å². The van der Waals surface area contributed by atoms with Gasteiger partial charge in [0.1, 0.15) is 11.2 Å². The summed E-state index contributed by atoms with van der Waals surface area (Å²) >= 11 is 0. The number of benzene rings is 9. The van der Waals surface area contributed by atoms with Crippen LogP contribution in [0.1, 0.15) is 0 Å². The quantitative estimate of drug-likeness (QED) is 0.172. The number of fused-ring (bicyclic) bond motifs is 7. The number of furan rings is 1. The Bertz CT molecular complexity index is 3150. The van der Waals surface area contributed by atoms with Gasteiger partial charge in [0.05, 0.1) is 11.0 Å². The zero-order valence-corrected chi connectivity index (χ0v) is 29.9. The van der Waals surface area contributed by atoms with Gasteiger partial charge in [-0.1, -0.05) is 140 Å². The van der Waals surface area contributed by atoms with Crippen molar-refractivity contribution in [2.24, 2.45) is 0 Å². The molecule has 55 heavy (non-hydrogen) atoms. The number of para-hydroxylation sites is 4. The van der Waals surface area contributed by atoms with Crippen molar-refractivity contribution >= 4 is 71.6 Å². The average molecular weight is 703 g/mol. The van der Waals surface area contributed by atoms with Crippen molar-refractivity contribution in [3.05, 3.63) is 206 Å². The van der Waals surface area contributed by atoms with Crippen molar-refractivity contribution in [3.63, 3.8) is 0 Å². The fourth-order valence-electron chi connectivity index (χ4n) is 8.44. The van der Waals surface area contributed by atoms with Gasteiger partial charge in [-0.15, -0.1) is 0 Å². The molecule has 0 fully saturated rings. The lowest BCUT2D eigenvalue weighted by atomic mass is 9.97. The van der Waals surface area contributed by atoms with Crippen LogP contribution in [-0.4, -0.2) is 4.57 Å². The number of rotatable bonds is 6. The third-order valence-corrected chi connectivity index (χ3v) is 11.0. The zero-order valence-electron chi connectivity index (χ0n) is 29.9. The molecule has 0 N–H and O–H groups in total. The molecule has 9 aromatic carbocycles. The summed E-state index contributed by atoms with van der Waals surface area (Å²) in [5.74, 6) is 0. The van der Waals surface area contributed by atoms with Crippen LogP contribution in [0.5, 0.6) is 0 Å². The second-order valence-corrected chi connectivity index (χ2v) is 14.1. The standard InChI is InChI=1S/C52H34N2O/c1-3-15-38(16-4-1)53(39-17-5-2-6-18-39)40-27-29-41(30-28-40)54-49-33-36(43-21-11-14-35-13-7-8-19-42(35)43)25-31-45(49)46-32-26-37(34-50(46)54)44-22-12-23-48-47-20-9-10-24-51(47)55-52(44)48/h1-34H. The van der Waals surface area contributed by atoms with Crippen LogP contribution in [0, 0.1) is 0 Å². The second kappa shape index (κ2) is 12.6. The summed E-state index contributed by atoms with van der Waals surface area (Å²) in [7, 11) is 0. The molecule has 0 amide bonds. The fourth-order valence-corrected chi connectivity index (χ4v) is 8.44. The highest BCUT2D eigenvalue weighted by Crippen LogP contribution is 2.42. The minimum atomic E-state index is 0.904. The van der Waals surface area contributed by atoms with Gasteiger partial charge in [0.25, 0.3) is 0 Å². The van der Waals surface area contributed by atoms with Crippen molar-refractivity contribution in [2.45, 2.75) is 0 Å². The number of aromatic nitrogens is 1. The molecule has 3 nitrogen and oxygen atoms in total. The molecule has 11 rings (SSSR count). The minimum absolute atomic E-state index is 0.904. The van der Waals surface area contributed by atoms with E-state index in [1.54, 1.807) is 0 Å². The Labute approximate surface area is 318 Å². The first kappa shape index (κ1) is 31.2. The second-order valence-electron chi connectivity index (χ2n) is 14.1. The number of hydrogen-bond acceptors (Lipinski definition) is 2. The van der Waals surface area contributed by atoms with Gasteiger partial charge in [-0.05, 0) is 94.2 Å². The molecule has 2 aromatic heterocycles. The molecule has 0 unspecified atom stereocenters. The van der Waals surface area contributed by atoms with Crippen molar-refractivity contribution in [1.82, 2.24) is 4.57 Å². The Kier molecular flexibility index (Phi) is 7.17. The van der Waals surface area contributed by atoms with Crippen LogP contribution in [-0.2, 0) is 0 Å². The highest BCUT2D eigenvalue weighted by molar-refractivity contribution is 6.14. The molecule has 0 spiro atoms. The molecule has 0 saturated heterocycles. The first-order valence-electron chi connectivity index (χ1n) is 18.8. The molecule has 0 saturated carbocycles. The van der Waals surface area contributed by atoms with Crippen molar-refractivity contribution in [2.75, 3.05) is 4.90 Å². The maximum Gasteiger partial charge on any atom is 0.143 e. The zero-order chi connectivity index (χ0) is 36.3. The maximum absolute atomic E-state index is 6.52. The fraction of sp³-hybridized carbons (Fsp3) is 0. The molecule has 0 aliphatic carbocycles. The Morgan fingerprint density at radius 2 is 0.891 bits per heavy atom. The van der Waals surface area contributed by atoms with Crippen LogP contribution < -0.4 is 4.90 Å². The number of hydrogen-bond donors (Lipinski definition) is 0. The highest BCUT2D eigenvalue weighted by atomic mass is 16.3. The predicted molar refractivity (Wildman–Crippen MR) is 231 cm³/mol. The smallest absolute Gasteiger partial charge is 0.143 e. The van der Waals surface area contributed by atoms with Crippen molar-refractivity contribution < 1.29 is 4.42 Å². The van der Waals surface area contributed by atoms with Crippen LogP contribution in [0.2, 0.25) is 0 Å². The van der Waals surface area contributed by atoms with Crippen molar-refractivity contribution in [3.8, 4) is 27.9 Å². The molecule has 258 valence electrons. The van der Waals surface area contributed by atoms with Gasteiger partial charge in [-0.3, -0.25) is 0 Å². The molecule has 0 bridgehead atoms. The van der Waals surface area contributed by atoms with E-state index in [0.29, 0.717) is 0 Å². The molecule has 3 heteroatoms. The van der Waals surface area contributed by atoms with E-state index in [1.165, 1.54) is 32.7 Å². The first-order valence-corrected chi connectivity index (χ1v) is 18.8. The summed E-state index contributed by atoms with van der Waals surface area (Å²) in [5.41, 5.74) is 13.2. The molecule has 0 radical (unpaired) electrons. The van der Waals surface area contributed by atoms with Crippen LogP contribution in [0.3, 0.4) is 0 Å². The SMILES string of the molecule is c1ccc(N(c2ccccc2)c2ccc(-n3c4cc(-c5cccc6ccccc56)ccc4c4ccc(-c5cccc6c5oc5ccccc56)cc43)cc2)cc1. The molecule has 0 aliphatic heterocycles. The molecule has 0 atom stereocenters. The van der Waals surface area contributed by atoms with Gasteiger partial charge in [0.15, 0.2) is 0 Å². The van der Waals surface area contributed by atoms with Crippen LogP contribution in [0.4, 0.5) is 17.1 Å². The maximum atomic E-state index is 6.52. The summed E-state index contributed by atoms with van der Waals surface area (Å²) in [6, 6.07) is 73.9. The first-order chi connectivity index (χ1) is 27.3. The highest BCUT2D eigenvalue weighted by Gasteiger charge is 2.19. The molecular weight excluding hydrogens is 669 g/mol. The largest absolute Gasteiger partial charge is 0.455 e. The van der Waals surface area contributed by atoms with E-state index in [0.717, 1.165) is 66.8 Å². The molecule has 0 aliphatic rings. The lowest BCUT2D eigenvalue weighted by Gasteiger charge is -2.25. The van der Waals surface area contributed by atoms with E-state index >= 15 is 0 Å². The van der Waals surface area contributed by atoms with E-state index in [4.69, 9.17) is 4.42 Å². The summed E-state index contributed by atoms with van der Waals surface area (Å²) in [5, 5.41) is 7.17. The molecular formula is C52H34N2O. The van der Waals surface area contributed by atoms with E-state index in [2.05, 4.69) is 204 Å². The lowest BCUT2D eigenvalue weighted by Crippen LogP contribution is -2.09. The van der Waals surface area contributed by atoms with E-state index < -0.39 is 0 Å². The van der Waals surface area contributed by atoms with E-state index in [9.17, 15) is 0 Å². The lowest BCUT2D eigenvalue weighted by molar-refractivity contribution is 0.670. The van der Waals surface area contributed by atoms with Crippen LogP contribution in [0.25, 0.3) is 82.5 Å². The van der Waals surface area contributed by atoms with Gasteiger partial charge in [-0.25, -0.2) is 0 Å². The Balaban J connectivity index is 1.13. The van der Waals surface area contributed by atoms with Gasteiger partial charge < -0.3 is 13.9 Å². The van der Waals surface area contributed by atoms with Gasteiger partial charge in [-0.2, -0.15) is 0 Å². The summed E-state index contributed by atoms with van der Waals surface area (Å²) < 4.78 is 8.95. The van der Waals surface area contributed by atoms with E-state index in [1.807, 2.05) is 12.1 Å². The third-order valence-electron chi connectivity index (χ3n) is 11.0. The monoisotopic (exact) mass is 702 g/mol. The van der Waals surface area contributed by atoms with Gasteiger partial charge in [0.2, 0.25) is 0 Å². The number of anilines is 3. The topological polar surface area (TPSA) is 21.3 Å². The number of nitrogens with zero attached hydrogens (tertiary/aromatic N) is 2. The summed E-state index contributed by atoms with van der Waals surface area (Å²) in [4.78, 5) is 2.31. The molecule has 11 aromatic rings. The Morgan fingerprint density at radius 1 is 0.364 bits per heavy atom. The Morgan fingerprint density at radius 3 is 1.60 bits per heavy atom. The Hall–Kier alpha value is -7.36. The van der Waals surface area contributed by atoms with Gasteiger partial charge >= 0.3 is 0 Å². The van der Waals surface area contributed by atoms with Crippen molar-refractivity contribution in [1.29, 1.82) is 0 Å². The third kappa shape index (κ3) is 5.13. The predicted octanol–water partition coefficient (Wildman–Crippen LogP) is 14.6. The van der Waals surface area contributed by atoms with E-state index in [-0.39, 0.29) is 0 Å². The van der Waals surface area contributed by atoms with Crippen LogP contribution >= 0.6 is 0 Å². The molecule has 2 heterocycles. The summed E-state index contributed by atoms with van der Waals surface area (Å²) in [6.07, 6.45) is 0. The summed E-state index contributed by atoms with van der Waals surface area (Å²) in [6.45, 7) is 0. The minimum Gasteiger partial charge on any atom is -0.455 e.